The Morgan fingerprint density at radius 2 is 1.75 bits per heavy atom. The molecule has 1 fully saturated rings. The zero-order chi connectivity index (χ0) is 14.4. The molecule has 0 heterocycles. The molecule has 0 atom stereocenters. The van der Waals surface area contributed by atoms with Crippen molar-refractivity contribution in [3.8, 4) is 0 Å². The van der Waals surface area contributed by atoms with Gasteiger partial charge in [-0.3, -0.25) is 9.59 Å². The van der Waals surface area contributed by atoms with E-state index in [-0.39, 0.29) is 11.8 Å². The molecule has 1 aliphatic rings. The van der Waals surface area contributed by atoms with Crippen LogP contribution < -0.4 is 10.6 Å². The SMILES string of the molecule is CNC(=O)c1ccc(NC(=O)CC2CCCCC2)cc1. The summed E-state index contributed by atoms with van der Waals surface area (Å²) in [4.78, 5) is 23.4. The third-order valence-electron chi connectivity index (χ3n) is 3.86. The summed E-state index contributed by atoms with van der Waals surface area (Å²) in [7, 11) is 1.60. The van der Waals surface area contributed by atoms with Gasteiger partial charge in [-0.15, -0.1) is 0 Å². The van der Waals surface area contributed by atoms with Crippen molar-refractivity contribution in [3.63, 3.8) is 0 Å². The molecule has 0 saturated heterocycles. The maximum atomic E-state index is 12.0. The summed E-state index contributed by atoms with van der Waals surface area (Å²) in [5.74, 6) is 0.489. The second kappa shape index (κ2) is 7.08. The van der Waals surface area contributed by atoms with Crippen LogP contribution in [0.5, 0.6) is 0 Å². The average Bonchev–Trinajstić information content (AvgIpc) is 2.48. The van der Waals surface area contributed by atoms with Crippen molar-refractivity contribution in [2.75, 3.05) is 12.4 Å². The van der Waals surface area contributed by atoms with Gasteiger partial charge in [0.1, 0.15) is 0 Å². The van der Waals surface area contributed by atoms with E-state index in [0.717, 1.165) is 5.69 Å². The summed E-state index contributed by atoms with van der Waals surface area (Å²) in [6, 6.07) is 6.97. The summed E-state index contributed by atoms with van der Waals surface area (Å²) < 4.78 is 0. The summed E-state index contributed by atoms with van der Waals surface area (Å²) in [6.07, 6.45) is 6.75. The Balaban J connectivity index is 1.85. The molecule has 108 valence electrons. The number of anilines is 1. The molecular weight excluding hydrogens is 252 g/mol. The highest BCUT2D eigenvalue weighted by atomic mass is 16.2. The van der Waals surface area contributed by atoms with Gasteiger partial charge in [0.15, 0.2) is 0 Å². The predicted octanol–water partition coefficient (Wildman–Crippen LogP) is 2.96. The van der Waals surface area contributed by atoms with Crippen LogP contribution in [0.1, 0.15) is 48.9 Å². The number of carbonyl (C=O) groups is 2. The third kappa shape index (κ3) is 4.08. The molecule has 2 amide bonds. The molecule has 0 spiro atoms. The van der Waals surface area contributed by atoms with Gasteiger partial charge in [0, 0.05) is 24.7 Å². The number of hydrogen-bond acceptors (Lipinski definition) is 2. The first-order valence-corrected chi connectivity index (χ1v) is 7.31. The molecule has 1 aromatic carbocycles. The molecule has 1 saturated carbocycles. The van der Waals surface area contributed by atoms with Crippen LogP contribution in [0.4, 0.5) is 5.69 Å². The van der Waals surface area contributed by atoms with Crippen molar-refractivity contribution in [1.29, 1.82) is 0 Å². The first kappa shape index (κ1) is 14.6. The fraction of sp³-hybridized carbons (Fsp3) is 0.500. The van der Waals surface area contributed by atoms with E-state index >= 15 is 0 Å². The quantitative estimate of drug-likeness (QED) is 0.887. The standard InChI is InChI=1S/C16H22N2O2/c1-17-16(20)13-7-9-14(10-8-13)18-15(19)11-12-5-3-2-4-6-12/h7-10,12H,2-6,11H2,1H3,(H,17,20)(H,18,19). The van der Waals surface area contributed by atoms with Gasteiger partial charge in [0.25, 0.3) is 5.91 Å². The van der Waals surface area contributed by atoms with Crippen LogP contribution in [-0.2, 0) is 4.79 Å². The van der Waals surface area contributed by atoms with Crippen LogP contribution in [-0.4, -0.2) is 18.9 Å². The Kier molecular flexibility index (Phi) is 5.16. The highest BCUT2D eigenvalue weighted by molar-refractivity contribution is 5.95. The summed E-state index contributed by atoms with van der Waals surface area (Å²) in [5.41, 5.74) is 1.34. The van der Waals surface area contributed by atoms with E-state index in [2.05, 4.69) is 10.6 Å². The lowest BCUT2D eigenvalue weighted by molar-refractivity contribution is -0.117. The zero-order valence-electron chi connectivity index (χ0n) is 11.9. The molecule has 0 unspecified atom stereocenters. The Morgan fingerprint density at radius 3 is 2.35 bits per heavy atom. The van der Waals surface area contributed by atoms with E-state index in [0.29, 0.717) is 17.9 Å². The second-order valence-corrected chi connectivity index (χ2v) is 5.41. The minimum Gasteiger partial charge on any atom is -0.355 e. The molecular formula is C16H22N2O2. The number of rotatable bonds is 4. The lowest BCUT2D eigenvalue weighted by atomic mass is 9.87. The molecule has 2 rings (SSSR count). The largest absolute Gasteiger partial charge is 0.355 e. The van der Waals surface area contributed by atoms with Gasteiger partial charge in [0.05, 0.1) is 0 Å². The Morgan fingerprint density at radius 1 is 1.10 bits per heavy atom. The fourth-order valence-corrected chi connectivity index (χ4v) is 2.71. The number of benzene rings is 1. The van der Waals surface area contributed by atoms with Crippen LogP contribution in [0.25, 0.3) is 0 Å². The fourth-order valence-electron chi connectivity index (χ4n) is 2.71. The van der Waals surface area contributed by atoms with Gasteiger partial charge >= 0.3 is 0 Å². The molecule has 0 radical (unpaired) electrons. The number of hydrogen-bond donors (Lipinski definition) is 2. The second-order valence-electron chi connectivity index (χ2n) is 5.41. The van der Waals surface area contributed by atoms with E-state index in [4.69, 9.17) is 0 Å². The van der Waals surface area contributed by atoms with Crippen LogP contribution in [0, 0.1) is 5.92 Å². The molecule has 4 heteroatoms. The molecule has 0 aromatic heterocycles. The van der Waals surface area contributed by atoms with Gasteiger partial charge in [-0.1, -0.05) is 19.3 Å². The minimum absolute atomic E-state index is 0.0737. The van der Waals surface area contributed by atoms with E-state index in [9.17, 15) is 9.59 Å². The number of amides is 2. The Hall–Kier alpha value is -1.84. The monoisotopic (exact) mass is 274 g/mol. The van der Waals surface area contributed by atoms with Crippen molar-refractivity contribution in [2.45, 2.75) is 38.5 Å². The predicted molar refractivity (Wildman–Crippen MR) is 79.7 cm³/mol. The Bertz CT molecular complexity index is 462. The first-order valence-electron chi connectivity index (χ1n) is 7.31. The van der Waals surface area contributed by atoms with Gasteiger partial charge in [-0.2, -0.15) is 0 Å². The van der Waals surface area contributed by atoms with E-state index in [1.807, 2.05) is 0 Å². The minimum atomic E-state index is -0.120. The summed E-state index contributed by atoms with van der Waals surface area (Å²) >= 11 is 0. The molecule has 1 aromatic rings. The van der Waals surface area contributed by atoms with Gasteiger partial charge < -0.3 is 10.6 Å². The van der Waals surface area contributed by atoms with Gasteiger partial charge in [-0.05, 0) is 43.0 Å². The van der Waals surface area contributed by atoms with E-state index in [1.165, 1.54) is 32.1 Å². The third-order valence-corrected chi connectivity index (χ3v) is 3.86. The Labute approximate surface area is 119 Å². The van der Waals surface area contributed by atoms with Gasteiger partial charge in [0.2, 0.25) is 5.91 Å². The smallest absolute Gasteiger partial charge is 0.251 e. The van der Waals surface area contributed by atoms with Crippen molar-refractivity contribution in [2.24, 2.45) is 5.92 Å². The lowest BCUT2D eigenvalue weighted by Crippen LogP contribution is -2.19. The number of nitrogens with one attached hydrogen (secondary N) is 2. The lowest BCUT2D eigenvalue weighted by Gasteiger charge is -2.20. The van der Waals surface area contributed by atoms with Crippen molar-refractivity contribution < 1.29 is 9.59 Å². The van der Waals surface area contributed by atoms with Crippen molar-refractivity contribution in [3.05, 3.63) is 29.8 Å². The maximum Gasteiger partial charge on any atom is 0.251 e. The van der Waals surface area contributed by atoms with Crippen LogP contribution in [0.15, 0.2) is 24.3 Å². The van der Waals surface area contributed by atoms with E-state index in [1.54, 1.807) is 31.3 Å². The highest BCUT2D eigenvalue weighted by Crippen LogP contribution is 2.26. The zero-order valence-corrected chi connectivity index (χ0v) is 11.9. The van der Waals surface area contributed by atoms with Crippen LogP contribution >= 0.6 is 0 Å². The molecule has 20 heavy (non-hydrogen) atoms. The van der Waals surface area contributed by atoms with Gasteiger partial charge in [-0.25, -0.2) is 0 Å². The number of carbonyl (C=O) groups excluding carboxylic acids is 2. The first-order chi connectivity index (χ1) is 9.69. The normalized spacial score (nSPS) is 15.7. The van der Waals surface area contributed by atoms with E-state index < -0.39 is 0 Å². The molecule has 0 bridgehead atoms. The highest BCUT2D eigenvalue weighted by Gasteiger charge is 2.17. The molecule has 1 aliphatic carbocycles. The molecule has 0 aliphatic heterocycles. The summed E-state index contributed by atoms with van der Waals surface area (Å²) in [6.45, 7) is 0. The van der Waals surface area contributed by atoms with Crippen molar-refractivity contribution >= 4 is 17.5 Å². The van der Waals surface area contributed by atoms with Crippen molar-refractivity contribution in [1.82, 2.24) is 5.32 Å². The molecule has 4 nitrogen and oxygen atoms in total. The maximum absolute atomic E-state index is 12.0. The molecule has 2 N–H and O–H groups in total. The van der Waals surface area contributed by atoms with Crippen LogP contribution in [0.3, 0.4) is 0 Å². The summed E-state index contributed by atoms with van der Waals surface area (Å²) in [5, 5.41) is 5.47. The topological polar surface area (TPSA) is 58.2 Å². The van der Waals surface area contributed by atoms with Crippen LogP contribution in [0.2, 0.25) is 0 Å². The average molecular weight is 274 g/mol.